The molecule has 15 heavy (non-hydrogen) atoms. The highest BCUT2D eigenvalue weighted by atomic mass is 14.2. The third kappa shape index (κ3) is 2.96. The van der Waals surface area contributed by atoms with E-state index in [1.165, 1.54) is 32.1 Å². The highest BCUT2D eigenvalue weighted by Crippen LogP contribution is 2.33. The second-order valence-corrected chi connectivity index (χ2v) is 4.65. The summed E-state index contributed by atoms with van der Waals surface area (Å²) in [5.74, 6) is 1.63. The largest absolute Gasteiger partial charge is 0.0769 e. The maximum atomic E-state index is 2.50. The summed E-state index contributed by atoms with van der Waals surface area (Å²) in [6.45, 7) is 9.23. The highest BCUT2D eigenvalue weighted by molar-refractivity contribution is 5.35. The molecule has 0 nitrogen and oxygen atoms in total. The van der Waals surface area contributed by atoms with Crippen molar-refractivity contribution < 1.29 is 0 Å². The van der Waals surface area contributed by atoms with E-state index >= 15 is 0 Å². The number of allylic oxidation sites excluding steroid dienone is 4. The van der Waals surface area contributed by atoms with Crippen LogP contribution in [0, 0.1) is 11.8 Å². The van der Waals surface area contributed by atoms with E-state index in [0.29, 0.717) is 0 Å². The Hall–Kier alpha value is -0.520. The smallest absolute Gasteiger partial charge is 0.0127 e. The summed E-state index contributed by atoms with van der Waals surface area (Å²) in [6, 6.07) is 0. The zero-order chi connectivity index (χ0) is 11.3. The highest BCUT2D eigenvalue weighted by Gasteiger charge is 2.17. The normalized spacial score (nSPS) is 16.1. The second-order valence-electron chi connectivity index (χ2n) is 4.65. The van der Waals surface area contributed by atoms with Crippen LogP contribution in [0.25, 0.3) is 0 Å². The molecule has 0 aliphatic heterocycles. The number of hydrogen-bond acceptors (Lipinski definition) is 0. The van der Waals surface area contributed by atoms with Crippen molar-refractivity contribution in [2.45, 2.75) is 59.8 Å². The Morgan fingerprint density at radius 1 is 0.933 bits per heavy atom. The van der Waals surface area contributed by atoms with Crippen LogP contribution < -0.4 is 0 Å². The maximum absolute atomic E-state index is 2.50. The summed E-state index contributed by atoms with van der Waals surface area (Å²) in [6.07, 6.45) is 11.3. The minimum absolute atomic E-state index is 0.803. The first kappa shape index (κ1) is 12.5. The van der Waals surface area contributed by atoms with Crippen LogP contribution in [0.1, 0.15) is 59.8 Å². The Balaban J connectivity index is 2.65. The van der Waals surface area contributed by atoms with Crippen LogP contribution >= 0.6 is 0 Å². The van der Waals surface area contributed by atoms with Crippen molar-refractivity contribution in [3.05, 3.63) is 23.3 Å². The van der Waals surface area contributed by atoms with Gasteiger partial charge in [-0.25, -0.2) is 0 Å². The Kier molecular flexibility index (Phi) is 5.14. The molecule has 0 heterocycles. The second kappa shape index (κ2) is 6.15. The Labute approximate surface area is 95.5 Å². The minimum Gasteiger partial charge on any atom is -0.0769 e. The summed E-state index contributed by atoms with van der Waals surface area (Å²) in [4.78, 5) is 0. The molecule has 0 N–H and O–H groups in total. The fraction of sp³-hybridized carbons (Fsp3) is 0.733. The quantitative estimate of drug-likeness (QED) is 0.566. The molecule has 0 unspecified atom stereocenters. The van der Waals surface area contributed by atoms with E-state index in [0.717, 1.165) is 11.8 Å². The lowest BCUT2D eigenvalue weighted by Crippen LogP contribution is -2.00. The van der Waals surface area contributed by atoms with Gasteiger partial charge in [0.15, 0.2) is 0 Å². The molecular formula is C15H26. The lowest BCUT2D eigenvalue weighted by molar-refractivity contribution is 0.562. The van der Waals surface area contributed by atoms with Gasteiger partial charge in [0.05, 0.1) is 0 Å². The van der Waals surface area contributed by atoms with E-state index in [1.54, 1.807) is 11.1 Å². The molecule has 0 aromatic rings. The first-order valence-corrected chi connectivity index (χ1v) is 6.67. The van der Waals surface area contributed by atoms with Gasteiger partial charge in [0.1, 0.15) is 0 Å². The van der Waals surface area contributed by atoms with Crippen molar-refractivity contribution in [2.75, 3.05) is 0 Å². The van der Waals surface area contributed by atoms with Crippen molar-refractivity contribution in [1.29, 1.82) is 0 Å². The van der Waals surface area contributed by atoms with Gasteiger partial charge in [-0.2, -0.15) is 0 Å². The van der Waals surface area contributed by atoms with E-state index in [1.807, 2.05) is 0 Å². The fourth-order valence-corrected chi connectivity index (χ4v) is 2.71. The lowest BCUT2D eigenvalue weighted by atomic mass is 9.91. The molecule has 1 aliphatic rings. The van der Waals surface area contributed by atoms with E-state index < -0.39 is 0 Å². The van der Waals surface area contributed by atoms with Gasteiger partial charge in [-0.3, -0.25) is 0 Å². The summed E-state index contributed by atoms with van der Waals surface area (Å²) >= 11 is 0. The average molecular weight is 206 g/mol. The van der Waals surface area contributed by atoms with Crippen molar-refractivity contribution in [1.82, 2.24) is 0 Å². The summed E-state index contributed by atoms with van der Waals surface area (Å²) in [5, 5.41) is 0. The molecule has 1 rings (SSSR count). The van der Waals surface area contributed by atoms with Crippen LogP contribution in [0.5, 0.6) is 0 Å². The van der Waals surface area contributed by atoms with Gasteiger partial charge in [0.25, 0.3) is 0 Å². The SMILES string of the molecule is CCC(CC)C1=CCC(C(CC)CC)=C1. The van der Waals surface area contributed by atoms with Crippen LogP contribution in [0.3, 0.4) is 0 Å². The van der Waals surface area contributed by atoms with Crippen LogP contribution in [0.2, 0.25) is 0 Å². The van der Waals surface area contributed by atoms with E-state index in [9.17, 15) is 0 Å². The van der Waals surface area contributed by atoms with Crippen LogP contribution in [-0.4, -0.2) is 0 Å². The average Bonchev–Trinajstić information content (AvgIpc) is 2.71. The maximum Gasteiger partial charge on any atom is -0.0127 e. The third-order valence-corrected chi connectivity index (χ3v) is 3.89. The van der Waals surface area contributed by atoms with E-state index in [2.05, 4.69) is 39.8 Å². The van der Waals surface area contributed by atoms with Gasteiger partial charge >= 0.3 is 0 Å². The molecule has 0 heteroatoms. The predicted molar refractivity (Wildman–Crippen MR) is 68.9 cm³/mol. The van der Waals surface area contributed by atoms with Crippen molar-refractivity contribution in [2.24, 2.45) is 11.8 Å². The van der Waals surface area contributed by atoms with E-state index in [4.69, 9.17) is 0 Å². The van der Waals surface area contributed by atoms with Gasteiger partial charge in [-0.05, 0) is 49.5 Å². The molecule has 0 fully saturated rings. The van der Waals surface area contributed by atoms with Gasteiger partial charge in [-0.1, -0.05) is 45.4 Å². The molecule has 1 aliphatic carbocycles. The molecular weight excluding hydrogens is 180 g/mol. The third-order valence-electron chi connectivity index (χ3n) is 3.89. The van der Waals surface area contributed by atoms with Crippen LogP contribution in [-0.2, 0) is 0 Å². The molecule has 86 valence electrons. The number of rotatable bonds is 6. The van der Waals surface area contributed by atoms with Crippen LogP contribution in [0.15, 0.2) is 23.3 Å². The van der Waals surface area contributed by atoms with Crippen molar-refractivity contribution >= 4 is 0 Å². The lowest BCUT2D eigenvalue weighted by Gasteiger charge is -2.14. The monoisotopic (exact) mass is 206 g/mol. The topological polar surface area (TPSA) is 0 Å². The zero-order valence-corrected chi connectivity index (χ0v) is 10.8. The Morgan fingerprint density at radius 2 is 1.47 bits per heavy atom. The molecule has 0 aromatic carbocycles. The van der Waals surface area contributed by atoms with Gasteiger partial charge in [-0.15, -0.1) is 0 Å². The van der Waals surface area contributed by atoms with Crippen molar-refractivity contribution in [3.8, 4) is 0 Å². The van der Waals surface area contributed by atoms with Crippen molar-refractivity contribution in [3.63, 3.8) is 0 Å². The molecule has 0 aromatic heterocycles. The standard InChI is InChI=1S/C15H26/c1-5-12(6-2)14-9-10-15(11-14)13(7-3)8-4/h9,11-13H,5-8,10H2,1-4H3. The molecule has 0 radical (unpaired) electrons. The van der Waals surface area contributed by atoms with Gasteiger partial charge < -0.3 is 0 Å². The first-order valence-electron chi connectivity index (χ1n) is 6.67. The first-order chi connectivity index (χ1) is 7.26. The Morgan fingerprint density at radius 3 is 1.93 bits per heavy atom. The van der Waals surface area contributed by atoms with Crippen LogP contribution in [0.4, 0.5) is 0 Å². The molecule has 0 atom stereocenters. The summed E-state index contributed by atoms with van der Waals surface area (Å²) < 4.78 is 0. The van der Waals surface area contributed by atoms with Gasteiger partial charge in [0.2, 0.25) is 0 Å². The molecule has 0 bridgehead atoms. The van der Waals surface area contributed by atoms with E-state index in [-0.39, 0.29) is 0 Å². The predicted octanol–water partition coefficient (Wildman–Crippen LogP) is 5.12. The molecule has 0 amide bonds. The van der Waals surface area contributed by atoms with Gasteiger partial charge in [0, 0.05) is 0 Å². The minimum atomic E-state index is 0.803. The number of hydrogen-bond donors (Lipinski definition) is 0. The molecule has 0 saturated carbocycles. The zero-order valence-electron chi connectivity index (χ0n) is 10.8. The molecule has 0 spiro atoms. The summed E-state index contributed by atoms with van der Waals surface area (Å²) in [7, 11) is 0. The molecule has 0 saturated heterocycles. The Bertz CT molecular complexity index is 237. The fourth-order valence-electron chi connectivity index (χ4n) is 2.71. The summed E-state index contributed by atoms with van der Waals surface area (Å²) in [5.41, 5.74) is 3.30.